The van der Waals surface area contributed by atoms with Crippen molar-refractivity contribution in [3.63, 3.8) is 0 Å². The van der Waals surface area contributed by atoms with Crippen LogP contribution in [-0.4, -0.2) is 20.6 Å². The maximum Gasteiger partial charge on any atom is 0.171 e. The van der Waals surface area contributed by atoms with Crippen molar-refractivity contribution in [3.05, 3.63) is 22.4 Å². The SMILES string of the molecule is C[NH+](C)[C@H](C[NH3+])c1cccs1. The average molecular weight is 172 g/mol. The largest absolute Gasteiger partial charge is 0.352 e. The van der Waals surface area contributed by atoms with Crippen molar-refractivity contribution < 1.29 is 10.6 Å². The second-order valence-electron chi connectivity index (χ2n) is 2.93. The second kappa shape index (κ2) is 3.85. The van der Waals surface area contributed by atoms with Crippen LogP contribution in [0.25, 0.3) is 0 Å². The van der Waals surface area contributed by atoms with Gasteiger partial charge in [0.15, 0.2) is 6.04 Å². The molecule has 0 aromatic carbocycles. The molecule has 0 amide bonds. The monoisotopic (exact) mass is 172 g/mol. The zero-order chi connectivity index (χ0) is 8.27. The van der Waals surface area contributed by atoms with Crippen molar-refractivity contribution in [1.82, 2.24) is 0 Å². The zero-order valence-corrected chi connectivity index (χ0v) is 7.95. The third-order valence-electron chi connectivity index (χ3n) is 1.87. The van der Waals surface area contributed by atoms with E-state index in [2.05, 4.69) is 37.3 Å². The highest BCUT2D eigenvalue weighted by Crippen LogP contribution is 2.14. The highest BCUT2D eigenvalue weighted by atomic mass is 32.1. The van der Waals surface area contributed by atoms with E-state index >= 15 is 0 Å². The normalized spacial score (nSPS) is 13.8. The molecule has 0 aliphatic carbocycles. The van der Waals surface area contributed by atoms with Crippen LogP contribution in [0.3, 0.4) is 0 Å². The predicted molar refractivity (Wildman–Crippen MR) is 47.6 cm³/mol. The first-order valence-corrected chi connectivity index (χ1v) is 4.76. The first kappa shape index (κ1) is 8.71. The number of rotatable bonds is 3. The molecule has 0 fully saturated rings. The molecule has 4 N–H and O–H groups in total. The Labute approximate surface area is 71.6 Å². The Morgan fingerprint density at radius 3 is 2.73 bits per heavy atom. The zero-order valence-electron chi connectivity index (χ0n) is 7.13. The van der Waals surface area contributed by atoms with Crippen molar-refractivity contribution in [3.8, 4) is 0 Å². The molecule has 0 saturated heterocycles. The Hall–Kier alpha value is -0.380. The van der Waals surface area contributed by atoms with Gasteiger partial charge in [0.05, 0.1) is 19.0 Å². The van der Waals surface area contributed by atoms with E-state index in [1.807, 2.05) is 11.3 Å². The van der Waals surface area contributed by atoms with Gasteiger partial charge in [-0.25, -0.2) is 0 Å². The lowest BCUT2D eigenvalue weighted by molar-refractivity contribution is -0.898. The molecule has 62 valence electrons. The molecular weight excluding hydrogens is 156 g/mol. The molecule has 3 heteroatoms. The van der Waals surface area contributed by atoms with Crippen LogP contribution >= 0.6 is 11.3 Å². The van der Waals surface area contributed by atoms with Crippen LogP contribution in [0.4, 0.5) is 0 Å². The van der Waals surface area contributed by atoms with Gasteiger partial charge in [-0.1, -0.05) is 6.07 Å². The summed E-state index contributed by atoms with van der Waals surface area (Å²) in [6, 6.07) is 4.87. The van der Waals surface area contributed by atoms with Crippen LogP contribution in [0, 0.1) is 0 Å². The lowest BCUT2D eigenvalue weighted by Gasteiger charge is -2.15. The third-order valence-corrected chi connectivity index (χ3v) is 2.86. The first-order chi connectivity index (χ1) is 5.25. The molecule has 0 aliphatic heterocycles. The Kier molecular flexibility index (Phi) is 3.05. The van der Waals surface area contributed by atoms with Gasteiger partial charge in [0.1, 0.15) is 6.54 Å². The van der Waals surface area contributed by atoms with Crippen molar-refractivity contribution in [2.24, 2.45) is 0 Å². The quantitative estimate of drug-likeness (QED) is 0.597. The van der Waals surface area contributed by atoms with Crippen LogP contribution in [-0.2, 0) is 0 Å². The van der Waals surface area contributed by atoms with E-state index in [4.69, 9.17) is 0 Å². The molecule has 0 aliphatic rings. The van der Waals surface area contributed by atoms with Crippen LogP contribution in [0.15, 0.2) is 17.5 Å². The Morgan fingerprint density at radius 1 is 1.64 bits per heavy atom. The van der Waals surface area contributed by atoms with Gasteiger partial charge in [-0.2, -0.15) is 0 Å². The fourth-order valence-electron chi connectivity index (χ4n) is 1.20. The summed E-state index contributed by atoms with van der Waals surface area (Å²) in [5.41, 5.74) is 3.95. The molecule has 1 atom stereocenters. The van der Waals surface area contributed by atoms with Crippen LogP contribution < -0.4 is 10.6 Å². The predicted octanol–water partition coefficient (Wildman–Crippen LogP) is -0.824. The molecule has 0 bridgehead atoms. The summed E-state index contributed by atoms with van der Waals surface area (Å²) >= 11 is 1.82. The minimum Gasteiger partial charge on any atom is -0.352 e. The summed E-state index contributed by atoms with van der Waals surface area (Å²) in [7, 11) is 4.35. The van der Waals surface area contributed by atoms with Crippen LogP contribution in [0.2, 0.25) is 0 Å². The minimum absolute atomic E-state index is 0.579. The Balaban J connectivity index is 2.71. The summed E-state index contributed by atoms with van der Waals surface area (Å²) in [6.07, 6.45) is 0. The number of hydrogen-bond donors (Lipinski definition) is 2. The summed E-state index contributed by atoms with van der Waals surface area (Å²) in [5, 5.41) is 2.13. The van der Waals surface area contributed by atoms with Crippen molar-refractivity contribution in [2.75, 3.05) is 20.6 Å². The van der Waals surface area contributed by atoms with Gasteiger partial charge in [0.2, 0.25) is 0 Å². The number of nitrogens with one attached hydrogen (secondary N) is 1. The van der Waals surface area contributed by atoms with Gasteiger partial charge < -0.3 is 10.6 Å². The van der Waals surface area contributed by atoms with Gasteiger partial charge in [-0.3, -0.25) is 0 Å². The smallest absolute Gasteiger partial charge is 0.171 e. The van der Waals surface area contributed by atoms with E-state index in [-0.39, 0.29) is 0 Å². The van der Waals surface area contributed by atoms with Gasteiger partial charge in [-0.05, 0) is 11.4 Å². The van der Waals surface area contributed by atoms with Crippen molar-refractivity contribution >= 4 is 11.3 Å². The Bertz CT molecular complexity index is 194. The minimum atomic E-state index is 0.579. The molecule has 1 heterocycles. The summed E-state index contributed by atoms with van der Waals surface area (Å²) in [6.45, 7) is 0.975. The molecule has 11 heavy (non-hydrogen) atoms. The summed E-state index contributed by atoms with van der Waals surface area (Å²) in [5.74, 6) is 0. The van der Waals surface area contributed by atoms with E-state index in [1.54, 1.807) is 0 Å². The molecule has 2 nitrogen and oxygen atoms in total. The van der Waals surface area contributed by atoms with E-state index in [9.17, 15) is 0 Å². The van der Waals surface area contributed by atoms with E-state index in [0.717, 1.165) is 6.54 Å². The van der Waals surface area contributed by atoms with Gasteiger partial charge in [0.25, 0.3) is 0 Å². The maximum absolute atomic E-state index is 3.95. The van der Waals surface area contributed by atoms with Gasteiger partial charge in [-0.15, -0.1) is 11.3 Å². The highest BCUT2D eigenvalue weighted by Gasteiger charge is 2.17. The molecule has 0 saturated carbocycles. The highest BCUT2D eigenvalue weighted by molar-refractivity contribution is 7.10. The second-order valence-corrected chi connectivity index (χ2v) is 3.91. The molecule has 0 unspecified atom stereocenters. The number of thiophene rings is 1. The average Bonchev–Trinajstić information content (AvgIpc) is 2.40. The molecule has 1 rings (SSSR count). The van der Waals surface area contributed by atoms with Crippen molar-refractivity contribution in [2.45, 2.75) is 6.04 Å². The molecule has 0 spiro atoms. The topological polar surface area (TPSA) is 32.1 Å². The summed E-state index contributed by atoms with van der Waals surface area (Å²) < 4.78 is 0. The van der Waals surface area contributed by atoms with Crippen molar-refractivity contribution in [1.29, 1.82) is 0 Å². The van der Waals surface area contributed by atoms with E-state index < -0.39 is 0 Å². The fourth-order valence-corrected chi connectivity index (χ4v) is 2.19. The maximum atomic E-state index is 3.95. The lowest BCUT2D eigenvalue weighted by atomic mass is 10.2. The van der Waals surface area contributed by atoms with Gasteiger partial charge >= 0.3 is 0 Å². The Morgan fingerprint density at radius 2 is 2.36 bits per heavy atom. The number of quaternary nitrogens is 2. The molecule has 1 aromatic heterocycles. The lowest BCUT2D eigenvalue weighted by Crippen LogP contribution is -3.07. The molecule has 1 aromatic rings. The fraction of sp³-hybridized carbons (Fsp3) is 0.500. The van der Waals surface area contributed by atoms with Crippen LogP contribution in [0.5, 0.6) is 0 Å². The molecule has 0 radical (unpaired) electrons. The van der Waals surface area contributed by atoms with Gasteiger partial charge in [0, 0.05) is 0 Å². The van der Waals surface area contributed by atoms with Crippen LogP contribution in [0.1, 0.15) is 10.9 Å². The number of likely N-dealkylation sites (N-methyl/N-ethyl adjacent to an activating group) is 1. The van der Waals surface area contributed by atoms with E-state index in [0.29, 0.717) is 6.04 Å². The standard InChI is InChI=1S/C8H14N2S/c1-10(2)7(6-9)8-4-3-5-11-8/h3-5,7H,6,9H2,1-2H3/p+2/t7-/m1/s1. The first-order valence-electron chi connectivity index (χ1n) is 3.88. The number of hydrogen-bond acceptors (Lipinski definition) is 1. The molecular formula is C8H16N2S+2. The van der Waals surface area contributed by atoms with E-state index in [1.165, 1.54) is 9.78 Å². The third kappa shape index (κ3) is 2.02. The summed E-state index contributed by atoms with van der Waals surface area (Å²) in [4.78, 5) is 2.91.